The molecule has 1 saturated heterocycles. The van der Waals surface area contributed by atoms with Crippen LogP contribution in [0.5, 0.6) is 5.75 Å². The molecule has 0 spiro atoms. The second-order valence-electron chi connectivity index (χ2n) is 7.19. The van der Waals surface area contributed by atoms with Gasteiger partial charge in [-0.15, -0.1) is 0 Å². The van der Waals surface area contributed by atoms with E-state index in [0.29, 0.717) is 18.7 Å². The van der Waals surface area contributed by atoms with Crippen LogP contribution in [-0.2, 0) is 11.3 Å². The standard InChI is InChI=1S/C21H29N3O3/c1-16-15-18(25)19(21(26)24(16)13-14-27-3)20(17-7-5-4-6-8-17)23-11-9-22(2)10-12-23/h4-8,15,20,25H,9-14H2,1-3H3/t20-/m1/s1. The Morgan fingerprint density at radius 2 is 1.81 bits per heavy atom. The molecule has 1 N–H and O–H groups in total. The fraction of sp³-hybridized carbons (Fsp3) is 0.476. The molecule has 1 aliphatic heterocycles. The zero-order valence-corrected chi connectivity index (χ0v) is 16.4. The van der Waals surface area contributed by atoms with E-state index in [1.807, 2.05) is 37.3 Å². The molecule has 0 bridgehead atoms. The zero-order valence-electron chi connectivity index (χ0n) is 16.4. The van der Waals surface area contributed by atoms with Gasteiger partial charge < -0.3 is 19.3 Å². The van der Waals surface area contributed by atoms with Gasteiger partial charge in [0.05, 0.1) is 18.2 Å². The SMILES string of the molecule is COCCn1c(C)cc(O)c([C@@H](c2ccccc2)N2CCN(C)CC2)c1=O. The quantitative estimate of drug-likeness (QED) is 0.840. The Morgan fingerprint density at radius 1 is 1.15 bits per heavy atom. The molecule has 3 rings (SSSR count). The van der Waals surface area contributed by atoms with Crippen LogP contribution < -0.4 is 5.56 Å². The lowest BCUT2D eigenvalue weighted by molar-refractivity contribution is 0.125. The fourth-order valence-corrected chi connectivity index (χ4v) is 3.76. The van der Waals surface area contributed by atoms with Crippen LogP contribution in [0.15, 0.2) is 41.2 Å². The van der Waals surface area contributed by atoms with Gasteiger partial charge >= 0.3 is 0 Å². The molecule has 6 nitrogen and oxygen atoms in total. The van der Waals surface area contributed by atoms with Gasteiger partial charge in [-0.05, 0) is 25.6 Å². The maximum absolute atomic E-state index is 13.3. The van der Waals surface area contributed by atoms with Crippen LogP contribution in [0.3, 0.4) is 0 Å². The lowest BCUT2D eigenvalue weighted by Gasteiger charge is -2.38. The number of methoxy groups -OCH3 is 1. The summed E-state index contributed by atoms with van der Waals surface area (Å²) < 4.78 is 6.86. The molecule has 1 atom stereocenters. The van der Waals surface area contributed by atoms with Crippen LogP contribution in [0, 0.1) is 6.92 Å². The average molecular weight is 371 g/mol. The van der Waals surface area contributed by atoms with E-state index in [2.05, 4.69) is 16.8 Å². The predicted molar refractivity (Wildman–Crippen MR) is 106 cm³/mol. The van der Waals surface area contributed by atoms with Crippen molar-refractivity contribution in [2.75, 3.05) is 46.9 Å². The number of aryl methyl sites for hydroxylation is 1. The van der Waals surface area contributed by atoms with E-state index in [0.717, 1.165) is 37.4 Å². The number of pyridine rings is 1. The summed E-state index contributed by atoms with van der Waals surface area (Å²) in [7, 11) is 3.73. The first-order valence-corrected chi connectivity index (χ1v) is 9.42. The van der Waals surface area contributed by atoms with Crippen molar-refractivity contribution in [2.24, 2.45) is 0 Å². The van der Waals surface area contributed by atoms with E-state index in [9.17, 15) is 9.90 Å². The van der Waals surface area contributed by atoms with Crippen LogP contribution in [0.4, 0.5) is 0 Å². The van der Waals surface area contributed by atoms with E-state index in [1.54, 1.807) is 17.7 Å². The Hall–Kier alpha value is -2.15. The molecular formula is C21H29N3O3. The molecule has 146 valence electrons. The van der Waals surface area contributed by atoms with E-state index in [4.69, 9.17) is 4.74 Å². The number of aromatic hydroxyl groups is 1. The number of hydrogen-bond donors (Lipinski definition) is 1. The molecule has 2 aromatic rings. The van der Waals surface area contributed by atoms with Gasteiger partial charge in [-0.1, -0.05) is 30.3 Å². The van der Waals surface area contributed by atoms with Crippen molar-refractivity contribution in [1.29, 1.82) is 0 Å². The molecule has 0 amide bonds. The number of hydrogen-bond acceptors (Lipinski definition) is 5. The normalized spacial score (nSPS) is 17.1. The number of ether oxygens (including phenoxy) is 1. The number of nitrogens with zero attached hydrogens (tertiary/aromatic N) is 3. The summed E-state index contributed by atoms with van der Waals surface area (Å²) in [6.07, 6.45) is 0. The highest BCUT2D eigenvalue weighted by molar-refractivity contribution is 5.41. The van der Waals surface area contributed by atoms with Crippen molar-refractivity contribution in [1.82, 2.24) is 14.4 Å². The number of benzene rings is 1. The van der Waals surface area contributed by atoms with Gasteiger partial charge in [0.1, 0.15) is 5.75 Å². The third kappa shape index (κ3) is 4.24. The lowest BCUT2D eigenvalue weighted by atomic mass is 9.96. The number of aromatic nitrogens is 1. The summed E-state index contributed by atoms with van der Waals surface area (Å²) in [5.41, 5.74) is 2.07. The molecule has 0 aliphatic carbocycles. The number of piperazine rings is 1. The molecule has 1 aliphatic rings. The first-order valence-electron chi connectivity index (χ1n) is 9.42. The molecule has 0 radical (unpaired) electrons. The summed E-state index contributed by atoms with van der Waals surface area (Å²) in [5, 5.41) is 10.8. The maximum atomic E-state index is 13.3. The van der Waals surface area contributed by atoms with Crippen LogP contribution in [0.25, 0.3) is 0 Å². The van der Waals surface area contributed by atoms with Crippen molar-refractivity contribution in [3.63, 3.8) is 0 Å². The topological polar surface area (TPSA) is 57.9 Å². The van der Waals surface area contributed by atoms with Crippen molar-refractivity contribution < 1.29 is 9.84 Å². The molecule has 27 heavy (non-hydrogen) atoms. The fourth-order valence-electron chi connectivity index (χ4n) is 3.76. The van der Waals surface area contributed by atoms with Gasteiger partial charge in [0, 0.05) is 45.5 Å². The van der Waals surface area contributed by atoms with Crippen LogP contribution in [0.1, 0.15) is 22.9 Å². The first kappa shape index (κ1) is 19.6. The summed E-state index contributed by atoms with van der Waals surface area (Å²) in [6.45, 7) is 6.34. The highest BCUT2D eigenvalue weighted by Gasteiger charge is 2.30. The van der Waals surface area contributed by atoms with E-state index >= 15 is 0 Å². The monoisotopic (exact) mass is 371 g/mol. The summed E-state index contributed by atoms with van der Waals surface area (Å²) in [4.78, 5) is 17.9. The average Bonchev–Trinajstić information content (AvgIpc) is 2.66. The van der Waals surface area contributed by atoms with Crippen molar-refractivity contribution in [3.05, 3.63) is 63.6 Å². The molecule has 0 saturated carbocycles. The smallest absolute Gasteiger partial charge is 0.259 e. The van der Waals surface area contributed by atoms with Crippen LogP contribution in [0.2, 0.25) is 0 Å². The minimum Gasteiger partial charge on any atom is -0.507 e. The highest BCUT2D eigenvalue weighted by atomic mass is 16.5. The predicted octanol–water partition coefficient (Wildman–Crippen LogP) is 1.85. The molecule has 1 fully saturated rings. The Kier molecular flexibility index (Phi) is 6.31. The van der Waals surface area contributed by atoms with Crippen molar-refractivity contribution in [2.45, 2.75) is 19.5 Å². The molecular weight excluding hydrogens is 342 g/mol. The number of likely N-dealkylation sites (N-methyl/N-ethyl adjacent to an activating group) is 1. The lowest BCUT2D eigenvalue weighted by Crippen LogP contribution is -2.47. The minimum atomic E-state index is -0.262. The molecule has 0 unspecified atom stereocenters. The van der Waals surface area contributed by atoms with Gasteiger partial charge in [-0.2, -0.15) is 0 Å². The van der Waals surface area contributed by atoms with Gasteiger partial charge in [0.2, 0.25) is 0 Å². The second kappa shape index (κ2) is 8.69. The molecule has 2 heterocycles. The Bertz CT molecular complexity index is 811. The molecule has 6 heteroatoms. The zero-order chi connectivity index (χ0) is 19.4. The number of rotatable bonds is 6. The van der Waals surface area contributed by atoms with Crippen LogP contribution >= 0.6 is 0 Å². The molecule has 1 aromatic carbocycles. The van der Waals surface area contributed by atoms with Crippen molar-refractivity contribution in [3.8, 4) is 5.75 Å². The third-order valence-electron chi connectivity index (χ3n) is 5.33. The Labute approximate surface area is 160 Å². The summed E-state index contributed by atoms with van der Waals surface area (Å²) in [5.74, 6) is 0.0685. The van der Waals surface area contributed by atoms with E-state index < -0.39 is 0 Å². The van der Waals surface area contributed by atoms with Crippen molar-refractivity contribution >= 4 is 0 Å². The second-order valence-corrected chi connectivity index (χ2v) is 7.19. The molecule has 1 aromatic heterocycles. The van der Waals surface area contributed by atoms with Gasteiger partial charge in [0.25, 0.3) is 5.56 Å². The Morgan fingerprint density at radius 3 is 2.44 bits per heavy atom. The van der Waals surface area contributed by atoms with Crippen LogP contribution in [-0.4, -0.2) is 66.4 Å². The third-order valence-corrected chi connectivity index (χ3v) is 5.33. The van der Waals surface area contributed by atoms with Gasteiger partial charge in [-0.3, -0.25) is 9.69 Å². The van der Waals surface area contributed by atoms with E-state index in [1.165, 1.54) is 0 Å². The first-order chi connectivity index (χ1) is 13.0. The van der Waals surface area contributed by atoms with Gasteiger partial charge in [-0.25, -0.2) is 0 Å². The Balaban J connectivity index is 2.11. The van der Waals surface area contributed by atoms with Gasteiger partial charge in [0.15, 0.2) is 0 Å². The minimum absolute atomic E-state index is 0.0685. The summed E-state index contributed by atoms with van der Waals surface area (Å²) >= 11 is 0. The maximum Gasteiger partial charge on any atom is 0.259 e. The largest absolute Gasteiger partial charge is 0.507 e. The summed E-state index contributed by atoms with van der Waals surface area (Å²) in [6, 6.07) is 11.4. The highest BCUT2D eigenvalue weighted by Crippen LogP contribution is 2.33. The van der Waals surface area contributed by atoms with E-state index in [-0.39, 0.29) is 17.4 Å².